The molecule has 2 N–H and O–H groups in total. The van der Waals surface area contributed by atoms with Crippen molar-refractivity contribution in [1.82, 2.24) is 10.6 Å². The zero-order chi connectivity index (χ0) is 16.4. The maximum Gasteiger partial charge on any atom is 0.191 e. The zero-order valence-electron chi connectivity index (χ0n) is 14.6. The van der Waals surface area contributed by atoms with Crippen LogP contribution < -0.4 is 10.6 Å². The standard InChI is InChI=1S/C18H31N3O2/c1-3-11-19-17(20-12-7-16-6-5-13-23-16)21-15-18(8-9-18)10-14-22-4-2/h5-6,13H,3-4,7-12,14-15H2,1-2H3,(H2,19,20,21). The Balaban J connectivity index is 1.76. The molecule has 5 heteroatoms. The molecule has 1 aromatic heterocycles. The molecule has 1 aliphatic rings. The molecule has 1 heterocycles. The molecule has 1 saturated carbocycles. The van der Waals surface area contributed by atoms with Crippen molar-refractivity contribution in [2.75, 3.05) is 32.8 Å². The zero-order valence-corrected chi connectivity index (χ0v) is 14.6. The Labute approximate surface area is 139 Å². The highest BCUT2D eigenvalue weighted by Gasteiger charge is 2.41. The van der Waals surface area contributed by atoms with Gasteiger partial charge in [0.1, 0.15) is 5.76 Å². The number of nitrogens with zero attached hydrogens (tertiary/aromatic N) is 1. The number of rotatable bonds is 11. The smallest absolute Gasteiger partial charge is 0.191 e. The maximum absolute atomic E-state index is 5.50. The molecule has 0 radical (unpaired) electrons. The Morgan fingerprint density at radius 1 is 1.30 bits per heavy atom. The molecule has 0 bridgehead atoms. The van der Waals surface area contributed by atoms with Crippen molar-refractivity contribution < 1.29 is 9.15 Å². The molecular formula is C18H31N3O2. The first-order valence-electron chi connectivity index (χ1n) is 8.90. The van der Waals surface area contributed by atoms with Crippen LogP contribution in [0.2, 0.25) is 0 Å². The second kappa shape index (κ2) is 9.60. The molecule has 5 nitrogen and oxygen atoms in total. The SMILES string of the molecule is CCCNC(=NCC1(CCOCC)CC1)NCCc1ccco1. The first-order chi connectivity index (χ1) is 11.3. The summed E-state index contributed by atoms with van der Waals surface area (Å²) in [4.78, 5) is 4.80. The summed E-state index contributed by atoms with van der Waals surface area (Å²) in [6.07, 6.45) is 7.35. The highest BCUT2D eigenvalue weighted by Crippen LogP contribution is 2.48. The summed E-state index contributed by atoms with van der Waals surface area (Å²) >= 11 is 0. The highest BCUT2D eigenvalue weighted by molar-refractivity contribution is 5.79. The molecule has 1 fully saturated rings. The predicted molar refractivity (Wildman–Crippen MR) is 93.8 cm³/mol. The third-order valence-electron chi connectivity index (χ3n) is 4.30. The number of furan rings is 1. The van der Waals surface area contributed by atoms with Gasteiger partial charge >= 0.3 is 0 Å². The molecule has 0 atom stereocenters. The van der Waals surface area contributed by atoms with Crippen LogP contribution in [0.3, 0.4) is 0 Å². The second-order valence-corrected chi connectivity index (χ2v) is 6.29. The van der Waals surface area contributed by atoms with Crippen LogP contribution in [0.15, 0.2) is 27.8 Å². The van der Waals surface area contributed by atoms with Crippen LogP contribution in [0.4, 0.5) is 0 Å². The van der Waals surface area contributed by atoms with Gasteiger partial charge in [-0.15, -0.1) is 0 Å². The molecule has 0 aliphatic heterocycles. The topological polar surface area (TPSA) is 58.8 Å². The lowest BCUT2D eigenvalue weighted by Crippen LogP contribution is -2.39. The monoisotopic (exact) mass is 321 g/mol. The van der Waals surface area contributed by atoms with Gasteiger partial charge in [-0.3, -0.25) is 4.99 Å². The van der Waals surface area contributed by atoms with Gasteiger partial charge in [0.25, 0.3) is 0 Å². The number of hydrogen-bond donors (Lipinski definition) is 2. The van der Waals surface area contributed by atoms with Crippen LogP contribution in [0.25, 0.3) is 0 Å². The van der Waals surface area contributed by atoms with Gasteiger partial charge in [0.05, 0.1) is 6.26 Å². The van der Waals surface area contributed by atoms with Crippen LogP contribution in [-0.4, -0.2) is 38.8 Å². The van der Waals surface area contributed by atoms with E-state index < -0.39 is 0 Å². The second-order valence-electron chi connectivity index (χ2n) is 6.29. The molecule has 0 unspecified atom stereocenters. The third-order valence-corrected chi connectivity index (χ3v) is 4.30. The van der Waals surface area contributed by atoms with Gasteiger partial charge in [-0.05, 0) is 50.2 Å². The van der Waals surface area contributed by atoms with Gasteiger partial charge in [-0.2, -0.15) is 0 Å². The number of guanidine groups is 1. The first-order valence-corrected chi connectivity index (χ1v) is 8.90. The van der Waals surface area contributed by atoms with Crippen LogP contribution >= 0.6 is 0 Å². The summed E-state index contributed by atoms with van der Waals surface area (Å²) in [5, 5.41) is 6.80. The van der Waals surface area contributed by atoms with Crippen LogP contribution in [0, 0.1) is 5.41 Å². The van der Waals surface area contributed by atoms with E-state index in [9.17, 15) is 0 Å². The fourth-order valence-electron chi connectivity index (χ4n) is 2.52. The Hall–Kier alpha value is -1.49. The minimum atomic E-state index is 0.386. The van der Waals surface area contributed by atoms with Crippen LogP contribution in [0.1, 0.15) is 45.3 Å². The van der Waals surface area contributed by atoms with E-state index in [4.69, 9.17) is 14.1 Å². The van der Waals surface area contributed by atoms with Crippen molar-refractivity contribution in [3.05, 3.63) is 24.2 Å². The van der Waals surface area contributed by atoms with E-state index in [1.807, 2.05) is 19.1 Å². The Bertz CT molecular complexity index is 453. The van der Waals surface area contributed by atoms with E-state index in [2.05, 4.69) is 17.6 Å². The van der Waals surface area contributed by atoms with Crippen molar-refractivity contribution >= 4 is 5.96 Å². The van der Waals surface area contributed by atoms with Gasteiger partial charge in [-0.1, -0.05) is 6.92 Å². The number of nitrogens with one attached hydrogen (secondary N) is 2. The van der Waals surface area contributed by atoms with E-state index >= 15 is 0 Å². The molecule has 0 amide bonds. The van der Waals surface area contributed by atoms with Gasteiger partial charge in [0.2, 0.25) is 0 Å². The van der Waals surface area contributed by atoms with Crippen molar-refractivity contribution in [3.8, 4) is 0 Å². The van der Waals surface area contributed by atoms with Crippen molar-refractivity contribution in [1.29, 1.82) is 0 Å². The minimum Gasteiger partial charge on any atom is -0.469 e. The van der Waals surface area contributed by atoms with E-state index in [-0.39, 0.29) is 0 Å². The van der Waals surface area contributed by atoms with E-state index in [0.717, 1.165) is 63.8 Å². The summed E-state index contributed by atoms with van der Waals surface area (Å²) in [6, 6.07) is 3.93. The van der Waals surface area contributed by atoms with Gasteiger partial charge in [0, 0.05) is 39.3 Å². The number of hydrogen-bond acceptors (Lipinski definition) is 3. The summed E-state index contributed by atoms with van der Waals surface area (Å²) in [7, 11) is 0. The Kier molecular flexibility index (Phi) is 7.46. The molecule has 23 heavy (non-hydrogen) atoms. The first kappa shape index (κ1) is 17.9. The van der Waals surface area contributed by atoms with Crippen LogP contribution in [-0.2, 0) is 11.2 Å². The average Bonchev–Trinajstić information content (AvgIpc) is 3.13. The van der Waals surface area contributed by atoms with E-state index in [1.165, 1.54) is 12.8 Å². The molecule has 0 saturated heterocycles. The fraction of sp³-hybridized carbons (Fsp3) is 0.722. The lowest BCUT2D eigenvalue weighted by Gasteiger charge is -2.15. The molecule has 1 aromatic rings. The summed E-state index contributed by atoms with van der Waals surface area (Å²) in [5.41, 5.74) is 0.386. The normalized spacial score (nSPS) is 16.3. The van der Waals surface area contributed by atoms with Gasteiger partial charge in [0.15, 0.2) is 5.96 Å². The van der Waals surface area contributed by atoms with Crippen molar-refractivity contribution in [2.24, 2.45) is 10.4 Å². The van der Waals surface area contributed by atoms with E-state index in [1.54, 1.807) is 6.26 Å². The minimum absolute atomic E-state index is 0.386. The third kappa shape index (κ3) is 6.65. The number of aliphatic imine (C=N–C) groups is 1. The Morgan fingerprint density at radius 3 is 2.78 bits per heavy atom. The fourth-order valence-corrected chi connectivity index (χ4v) is 2.52. The van der Waals surface area contributed by atoms with Gasteiger partial charge < -0.3 is 19.8 Å². The summed E-state index contributed by atoms with van der Waals surface area (Å²) in [5.74, 6) is 1.92. The molecule has 2 rings (SSSR count). The quantitative estimate of drug-likeness (QED) is 0.374. The lowest BCUT2D eigenvalue weighted by atomic mass is 10.0. The van der Waals surface area contributed by atoms with Gasteiger partial charge in [-0.25, -0.2) is 0 Å². The lowest BCUT2D eigenvalue weighted by molar-refractivity contribution is 0.129. The van der Waals surface area contributed by atoms with Crippen molar-refractivity contribution in [2.45, 2.75) is 46.0 Å². The average molecular weight is 321 g/mol. The number of ether oxygens (including phenoxy) is 1. The molecule has 0 aromatic carbocycles. The Morgan fingerprint density at radius 2 is 2.13 bits per heavy atom. The molecule has 1 aliphatic carbocycles. The maximum atomic E-state index is 5.50. The summed E-state index contributed by atoms with van der Waals surface area (Å²) in [6.45, 7) is 8.53. The van der Waals surface area contributed by atoms with Crippen LogP contribution in [0.5, 0.6) is 0 Å². The largest absolute Gasteiger partial charge is 0.469 e. The van der Waals surface area contributed by atoms with E-state index in [0.29, 0.717) is 5.41 Å². The highest BCUT2D eigenvalue weighted by atomic mass is 16.5. The summed E-state index contributed by atoms with van der Waals surface area (Å²) < 4.78 is 10.9. The molecule has 0 spiro atoms. The van der Waals surface area contributed by atoms with Crippen molar-refractivity contribution in [3.63, 3.8) is 0 Å². The predicted octanol–water partition coefficient (Wildman–Crippen LogP) is 2.97. The molecule has 130 valence electrons. The molecular weight excluding hydrogens is 290 g/mol.